The highest BCUT2D eigenvalue weighted by molar-refractivity contribution is 5.96. The van der Waals surface area contributed by atoms with Gasteiger partial charge in [0.25, 0.3) is 11.6 Å². The summed E-state index contributed by atoms with van der Waals surface area (Å²) in [5.74, 6) is -0.146. The quantitative estimate of drug-likeness (QED) is 0.542. The first-order chi connectivity index (χ1) is 15.0. The van der Waals surface area contributed by atoms with Crippen LogP contribution in [0.1, 0.15) is 21.5 Å². The summed E-state index contributed by atoms with van der Waals surface area (Å²) in [6, 6.07) is 13.2. The fourth-order valence-electron chi connectivity index (χ4n) is 4.19. The molecule has 0 aromatic heterocycles. The molecule has 2 aliphatic heterocycles. The second kappa shape index (κ2) is 9.45. The molecular formula is C23H28N4O4. The Bertz CT molecular complexity index is 950. The first-order valence-electron chi connectivity index (χ1n) is 10.7. The van der Waals surface area contributed by atoms with Gasteiger partial charge >= 0.3 is 0 Å². The number of amides is 1. The number of hydrogen-bond acceptors (Lipinski definition) is 6. The molecule has 0 N–H and O–H groups in total. The highest BCUT2D eigenvalue weighted by atomic mass is 16.6. The molecule has 2 saturated heterocycles. The molecule has 164 valence electrons. The monoisotopic (exact) mass is 424 g/mol. The van der Waals surface area contributed by atoms with Crippen LogP contribution in [0, 0.1) is 17.0 Å². The third kappa shape index (κ3) is 4.86. The summed E-state index contributed by atoms with van der Waals surface area (Å²) in [5, 5.41) is 11.7. The first kappa shape index (κ1) is 21.3. The van der Waals surface area contributed by atoms with Gasteiger partial charge in [-0.1, -0.05) is 24.3 Å². The summed E-state index contributed by atoms with van der Waals surface area (Å²) in [6.45, 7) is 8.09. The van der Waals surface area contributed by atoms with Gasteiger partial charge in [0, 0.05) is 57.4 Å². The number of aryl methyl sites for hydroxylation is 1. The zero-order valence-corrected chi connectivity index (χ0v) is 17.8. The van der Waals surface area contributed by atoms with Gasteiger partial charge in [0.15, 0.2) is 0 Å². The van der Waals surface area contributed by atoms with E-state index in [1.807, 2.05) is 11.0 Å². The van der Waals surface area contributed by atoms with Crippen LogP contribution in [0.25, 0.3) is 0 Å². The molecule has 31 heavy (non-hydrogen) atoms. The number of rotatable bonds is 5. The minimum Gasteiger partial charge on any atom is -0.378 e. The number of anilines is 1. The molecule has 0 aliphatic carbocycles. The van der Waals surface area contributed by atoms with Crippen LogP contribution in [0.15, 0.2) is 42.5 Å². The molecular weight excluding hydrogens is 396 g/mol. The molecule has 2 aromatic carbocycles. The van der Waals surface area contributed by atoms with E-state index in [9.17, 15) is 14.9 Å². The minimum absolute atomic E-state index is 0.0223. The zero-order chi connectivity index (χ0) is 21.8. The van der Waals surface area contributed by atoms with Crippen molar-refractivity contribution in [3.05, 3.63) is 69.3 Å². The number of nitro groups is 1. The lowest BCUT2D eigenvalue weighted by molar-refractivity contribution is -0.384. The van der Waals surface area contributed by atoms with E-state index in [0.29, 0.717) is 50.6 Å². The largest absolute Gasteiger partial charge is 0.378 e. The maximum absolute atomic E-state index is 13.0. The van der Waals surface area contributed by atoms with Crippen LogP contribution in [-0.2, 0) is 11.3 Å². The first-order valence-corrected chi connectivity index (χ1v) is 10.7. The maximum Gasteiger partial charge on any atom is 0.293 e. The van der Waals surface area contributed by atoms with Crippen LogP contribution in [-0.4, -0.2) is 73.1 Å². The number of nitrogens with zero attached hydrogens (tertiary/aromatic N) is 4. The Morgan fingerprint density at radius 1 is 1.03 bits per heavy atom. The number of carbonyl (C=O) groups excluding carboxylic acids is 1. The Hall–Kier alpha value is -2.97. The van der Waals surface area contributed by atoms with Crippen molar-refractivity contribution >= 4 is 17.3 Å². The van der Waals surface area contributed by atoms with Gasteiger partial charge in [-0.05, 0) is 30.2 Å². The van der Waals surface area contributed by atoms with E-state index in [-0.39, 0.29) is 11.6 Å². The molecule has 0 atom stereocenters. The molecule has 8 heteroatoms. The zero-order valence-electron chi connectivity index (χ0n) is 17.8. The summed E-state index contributed by atoms with van der Waals surface area (Å²) < 4.78 is 5.34. The third-order valence-corrected chi connectivity index (χ3v) is 6.09. The topological polar surface area (TPSA) is 79.2 Å². The molecule has 0 bridgehead atoms. The summed E-state index contributed by atoms with van der Waals surface area (Å²) >= 11 is 0. The number of morpholine rings is 1. The number of nitro benzene ring substituents is 1. The normalized spacial score (nSPS) is 17.6. The second-order valence-electron chi connectivity index (χ2n) is 8.05. The minimum atomic E-state index is -0.401. The molecule has 0 radical (unpaired) electrons. The standard InChI is InChI=1S/C23H28N4O4/c1-18-4-2-3-5-20(18)17-24-8-10-26(11-9-24)23(28)19-6-7-21(22(16-19)27(29)30)25-12-14-31-15-13-25/h2-7,16H,8-15,17H2,1H3. The highest BCUT2D eigenvalue weighted by Crippen LogP contribution is 2.30. The van der Waals surface area contributed by atoms with Gasteiger partial charge in [-0.15, -0.1) is 0 Å². The van der Waals surface area contributed by atoms with Crippen LogP contribution in [0.5, 0.6) is 0 Å². The van der Waals surface area contributed by atoms with Gasteiger partial charge < -0.3 is 14.5 Å². The lowest BCUT2D eigenvalue weighted by Gasteiger charge is -2.35. The number of piperazine rings is 1. The molecule has 8 nitrogen and oxygen atoms in total. The van der Waals surface area contributed by atoms with Gasteiger partial charge in [-0.2, -0.15) is 0 Å². The summed E-state index contributed by atoms with van der Waals surface area (Å²) in [6.07, 6.45) is 0. The van der Waals surface area contributed by atoms with Crippen LogP contribution < -0.4 is 4.90 Å². The van der Waals surface area contributed by atoms with E-state index in [0.717, 1.165) is 19.6 Å². The van der Waals surface area contributed by atoms with E-state index in [4.69, 9.17) is 4.74 Å². The van der Waals surface area contributed by atoms with E-state index >= 15 is 0 Å². The Morgan fingerprint density at radius 3 is 2.42 bits per heavy atom. The molecule has 2 aliphatic rings. The van der Waals surface area contributed by atoms with Gasteiger partial charge in [-0.3, -0.25) is 19.8 Å². The van der Waals surface area contributed by atoms with E-state index in [1.165, 1.54) is 17.2 Å². The summed E-state index contributed by atoms with van der Waals surface area (Å²) in [4.78, 5) is 30.4. The SMILES string of the molecule is Cc1ccccc1CN1CCN(C(=O)c2ccc(N3CCOCC3)c([N+](=O)[O-])c2)CC1. The Balaban J connectivity index is 1.42. The van der Waals surface area contributed by atoms with E-state index < -0.39 is 4.92 Å². The van der Waals surface area contributed by atoms with E-state index in [1.54, 1.807) is 17.0 Å². The van der Waals surface area contributed by atoms with Crippen molar-refractivity contribution in [1.82, 2.24) is 9.80 Å². The fourth-order valence-corrected chi connectivity index (χ4v) is 4.19. The molecule has 0 spiro atoms. The van der Waals surface area contributed by atoms with Crippen LogP contribution in [0.4, 0.5) is 11.4 Å². The van der Waals surface area contributed by atoms with Crippen molar-refractivity contribution in [1.29, 1.82) is 0 Å². The van der Waals surface area contributed by atoms with Crippen LogP contribution in [0.3, 0.4) is 0 Å². The van der Waals surface area contributed by atoms with Crippen molar-refractivity contribution < 1.29 is 14.5 Å². The second-order valence-corrected chi connectivity index (χ2v) is 8.05. The molecule has 2 heterocycles. The molecule has 2 fully saturated rings. The number of benzene rings is 2. The molecule has 4 rings (SSSR count). The van der Waals surface area contributed by atoms with Gasteiger partial charge in [0.2, 0.25) is 0 Å². The number of ether oxygens (including phenoxy) is 1. The number of hydrogen-bond donors (Lipinski definition) is 0. The average molecular weight is 425 g/mol. The highest BCUT2D eigenvalue weighted by Gasteiger charge is 2.27. The average Bonchev–Trinajstić information content (AvgIpc) is 2.81. The third-order valence-electron chi connectivity index (χ3n) is 6.09. The molecule has 1 amide bonds. The van der Waals surface area contributed by atoms with Crippen molar-refractivity contribution in [2.75, 3.05) is 57.4 Å². The van der Waals surface area contributed by atoms with Crippen molar-refractivity contribution in [2.24, 2.45) is 0 Å². The lowest BCUT2D eigenvalue weighted by Crippen LogP contribution is -2.48. The Kier molecular flexibility index (Phi) is 6.48. The fraction of sp³-hybridized carbons (Fsp3) is 0.435. The van der Waals surface area contributed by atoms with Crippen molar-refractivity contribution in [3.8, 4) is 0 Å². The predicted molar refractivity (Wildman–Crippen MR) is 118 cm³/mol. The molecule has 2 aromatic rings. The predicted octanol–water partition coefficient (Wildman–Crippen LogP) is 2.70. The van der Waals surface area contributed by atoms with Gasteiger partial charge in [-0.25, -0.2) is 0 Å². The lowest BCUT2D eigenvalue weighted by atomic mass is 10.1. The smallest absolute Gasteiger partial charge is 0.293 e. The van der Waals surface area contributed by atoms with E-state index in [2.05, 4.69) is 30.0 Å². The van der Waals surface area contributed by atoms with Crippen LogP contribution >= 0.6 is 0 Å². The van der Waals surface area contributed by atoms with Crippen LogP contribution in [0.2, 0.25) is 0 Å². The Morgan fingerprint density at radius 2 is 1.74 bits per heavy atom. The van der Waals surface area contributed by atoms with Crippen molar-refractivity contribution in [2.45, 2.75) is 13.5 Å². The Labute approximate surface area is 182 Å². The summed E-state index contributed by atoms with van der Waals surface area (Å²) in [7, 11) is 0. The number of carbonyl (C=O) groups is 1. The molecule has 0 unspecified atom stereocenters. The summed E-state index contributed by atoms with van der Waals surface area (Å²) in [5.41, 5.74) is 3.47. The van der Waals surface area contributed by atoms with Gasteiger partial charge in [0.1, 0.15) is 5.69 Å². The van der Waals surface area contributed by atoms with Crippen molar-refractivity contribution in [3.63, 3.8) is 0 Å². The molecule has 0 saturated carbocycles. The maximum atomic E-state index is 13.0. The van der Waals surface area contributed by atoms with Gasteiger partial charge in [0.05, 0.1) is 18.1 Å².